The number of anilines is 1. The number of pyridine rings is 1. The van der Waals surface area contributed by atoms with E-state index in [1.54, 1.807) is 30.5 Å². The molecule has 0 saturated heterocycles. The van der Waals surface area contributed by atoms with Gasteiger partial charge in [-0.25, -0.2) is 4.79 Å². The molecule has 3 aromatic rings. The molecule has 0 aliphatic heterocycles. The summed E-state index contributed by atoms with van der Waals surface area (Å²) in [4.78, 5) is 27.6. The highest BCUT2D eigenvalue weighted by Crippen LogP contribution is 2.36. The van der Waals surface area contributed by atoms with E-state index in [4.69, 9.17) is 11.6 Å². The first-order valence-electron chi connectivity index (χ1n) is 9.11. The molecule has 0 radical (unpaired) electrons. The van der Waals surface area contributed by atoms with Crippen molar-refractivity contribution in [3.63, 3.8) is 0 Å². The zero-order chi connectivity index (χ0) is 22.6. The zero-order valence-electron chi connectivity index (χ0n) is 16.3. The van der Waals surface area contributed by atoms with Gasteiger partial charge in [-0.3, -0.25) is 9.78 Å². The van der Waals surface area contributed by atoms with Gasteiger partial charge < -0.3 is 10.6 Å². The molecule has 0 aliphatic carbocycles. The van der Waals surface area contributed by atoms with Crippen LogP contribution in [0.25, 0.3) is 11.1 Å². The van der Waals surface area contributed by atoms with Crippen LogP contribution in [0.15, 0.2) is 60.8 Å². The third-order valence-corrected chi connectivity index (χ3v) is 4.70. The molecule has 9 heteroatoms. The van der Waals surface area contributed by atoms with Crippen LogP contribution in [0.3, 0.4) is 0 Å². The van der Waals surface area contributed by atoms with Crippen LogP contribution >= 0.6 is 11.6 Å². The van der Waals surface area contributed by atoms with Gasteiger partial charge in [0.15, 0.2) is 5.78 Å². The summed E-state index contributed by atoms with van der Waals surface area (Å²) in [6.45, 7) is 1.59. The normalized spacial score (nSPS) is 11.1. The summed E-state index contributed by atoms with van der Waals surface area (Å²) in [6, 6.07) is 13.2. The summed E-state index contributed by atoms with van der Waals surface area (Å²) in [5.41, 5.74) is 1.74. The van der Waals surface area contributed by atoms with Crippen LogP contribution in [0.5, 0.6) is 0 Å². The Morgan fingerprint density at radius 3 is 2.45 bits per heavy atom. The Hall–Kier alpha value is -3.39. The number of hydrogen-bond acceptors (Lipinski definition) is 3. The van der Waals surface area contributed by atoms with Crippen LogP contribution in [0.4, 0.5) is 23.7 Å². The van der Waals surface area contributed by atoms with Crippen molar-refractivity contribution in [3.8, 4) is 11.1 Å². The van der Waals surface area contributed by atoms with Gasteiger partial charge >= 0.3 is 12.2 Å². The maximum absolute atomic E-state index is 12.9. The number of rotatable bonds is 5. The first kappa shape index (κ1) is 22.3. The molecule has 0 fully saturated rings. The number of carbonyl (C=O) groups excluding carboxylic acids is 2. The van der Waals surface area contributed by atoms with E-state index < -0.39 is 22.8 Å². The van der Waals surface area contributed by atoms with E-state index in [1.165, 1.54) is 13.0 Å². The number of nitrogens with one attached hydrogen (secondary N) is 2. The average Bonchev–Trinajstić information content (AvgIpc) is 2.73. The number of aromatic nitrogens is 1. The molecule has 0 atom stereocenters. The third kappa shape index (κ3) is 5.82. The van der Waals surface area contributed by atoms with Crippen LogP contribution < -0.4 is 10.6 Å². The number of urea groups is 1. The molecular formula is C22H17ClF3N3O2. The molecule has 1 heterocycles. The van der Waals surface area contributed by atoms with Gasteiger partial charge in [0.05, 0.1) is 10.6 Å². The summed E-state index contributed by atoms with van der Waals surface area (Å²) in [5, 5.41) is 4.52. The first-order valence-corrected chi connectivity index (χ1v) is 9.49. The van der Waals surface area contributed by atoms with E-state index in [-0.39, 0.29) is 18.0 Å². The standard InChI is InChI=1S/C22H17ClF3N3O2/c1-13(30)20-8-5-16(12-27-20)15-4-2-3-14(9-15)11-28-21(31)29-17-6-7-19(23)18(10-17)22(24,25)26/h2-10,12H,11H2,1H3,(H2,28,29,31). The van der Waals surface area contributed by atoms with Crippen molar-refractivity contribution in [2.75, 3.05) is 5.32 Å². The number of ketones is 1. The number of Topliss-reactive ketones (excluding diaryl/α,β-unsaturated/α-hetero) is 1. The van der Waals surface area contributed by atoms with Crippen molar-refractivity contribution in [3.05, 3.63) is 82.6 Å². The maximum Gasteiger partial charge on any atom is 0.417 e. The van der Waals surface area contributed by atoms with Crippen LogP contribution in [0, 0.1) is 0 Å². The van der Waals surface area contributed by atoms with Gasteiger partial charge in [0.25, 0.3) is 0 Å². The molecule has 31 heavy (non-hydrogen) atoms. The van der Waals surface area contributed by atoms with E-state index in [2.05, 4.69) is 15.6 Å². The number of nitrogens with zero attached hydrogens (tertiary/aromatic N) is 1. The monoisotopic (exact) mass is 447 g/mol. The number of benzene rings is 2. The molecular weight excluding hydrogens is 431 g/mol. The Morgan fingerprint density at radius 2 is 1.81 bits per heavy atom. The summed E-state index contributed by atoms with van der Waals surface area (Å²) in [6.07, 6.45) is -3.03. The van der Waals surface area contributed by atoms with E-state index in [1.807, 2.05) is 12.1 Å². The Balaban J connectivity index is 1.65. The molecule has 5 nitrogen and oxygen atoms in total. The first-order chi connectivity index (χ1) is 14.6. The summed E-state index contributed by atoms with van der Waals surface area (Å²) < 4.78 is 38.8. The summed E-state index contributed by atoms with van der Waals surface area (Å²) >= 11 is 5.58. The highest BCUT2D eigenvalue weighted by atomic mass is 35.5. The Morgan fingerprint density at radius 1 is 1.03 bits per heavy atom. The Bertz CT molecular complexity index is 1120. The topological polar surface area (TPSA) is 71.1 Å². The SMILES string of the molecule is CC(=O)c1ccc(-c2cccc(CNC(=O)Nc3ccc(Cl)c(C(F)(F)F)c3)c2)cn1. The van der Waals surface area contributed by atoms with Crippen molar-refractivity contribution < 1.29 is 22.8 Å². The lowest BCUT2D eigenvalue weighted by atomic mass is 10.0. The van der Waals surface area contributed by atoms with Crippen LogP contribution in [-0.4, -0.2) is 16.8 Å². The van der Waals surface area contributed by atoms with E-state index in [0.29, 0.717) is 5.69 Å². The third-order valence-electron chi connectivity index (χ3n) is 4.37. The molecule has 3 rings (SSSR count). The lowest BCUT2D eigenvalue weighted by molar-refractivity contribution is -0.137. The quantitative estimate of drug-likeness (QED) is 0.475. The van der Waals surface area contributed by atoms with Crippen molar-refractivity contribution >= 4 is 29.1 Å². The van der Waals surface area contributed by atoms with E-state index >= 15 is 0 Å². The molecule has 2 amide bonds. The maximum atomic E-state index is 12.9. The minimum Gasteiger partial charge on any atom is -0.334 e. The number of amides is 2. The van der Waals surface area contributed by atoms with Gasteiger partial charge in [-0.05, 0) is 41.5 Å². The molecule has 0 bridgehead atoms. The Labute approximate surface area is 181 Å². The van der Waals surface area contributed by atoms with Crippen LogP contribution in [0.2, 0.25) is 5.02 Å². The van der Waals surface area contributed by atoms with Gasteiger partial charge in [0.2, 0.25) is 0 Å². The lowest BCUT2D eigenvalue weighted by Gasteiger charge is -2.12. The highest BCUT2D eigenvalue weighted by molar-refractivity contribution is 6.31. The van der Waals surface area contributed by atoms with Gasteiger partial charge in [-0.2, -0.15) is 13.2 Å². The van der Waals surface area contributed by atoms with Crippen molar-refractivity contribution in [1.82, 2.24) is 10.3 Å². The zero-order valence-corrected chi connectivity index (χ0v) is 17.0. The highest BCUT2D eigenvalue weighted by Gasteiger charge is 2.33. The fraction of sp³-hybridized carbons (Fsp3) is 0.136. The molecule has 0 aliphatic rings. The second kappa shape index (κ2) is 9.18. The number of halogens is 4. The van der Waals surface area contributed by atoms with Gasteiger partial charge in [0.1, 0.15) is 5.69 Å². The summed E-state index contributed by atoms with van der Waals surface area (Å²) in [5.74, 6) is -0.126. The number of alkyl halides is 3. The van der Waals surface area contributed by atoms with Crippen molar-refractivity contribution in [2.24, 2.45) is 0 Å². The van der Waals surface area contributed by atoms with Crippen LogP contribution in [0.1, 0.15) is 28.5 Å². The fourth-order valence-electron chi connectivity index (χ4n) is 2.81. The molecule has 0 spiro atoms. The predicted octanol–water partition coefficient (Wildman–Crippen LogP) is 5.95. The predicted molar refractivity (Wildman–Crippen MR) is 112 cm³/mol. The van der Waals surface area contributed by atoms with Crippen molar-refractivity contribution in [1.29, 1.82) is 0 Å². The molecule has 0 saturated carbocycles. The Kier molecular flexibility index (Phi) is 6.60. The minimum atomic E-state index is -4.62. The van der Waals surface area contributed by atoms with Crippen molar-refractivity contribution in [2.45, 2.75) is 19.6 Å². The van der Waals surface area contributed by atoms with E-state index in [9.17, 15) is 22.8 Å². The second-order valence-electron chi connectivity index (χ2n) is 6.69. The average molecular weight is 448 g/mol. The van der Waals surface area contributed by atoms with Gasteiger partial charge in [-0.1, -0.05) is 35.9 Å². The second-order valence-corrected chi connectivity index (χ2v) is 7.10. The van der Waals surface area contributed by atoms with Gasteiger partial charge in [0, 0.05) is 30.9 Å². The minimum absolute atomic E-state index is 0.0281. The van der Waals surface area contributed by atoms with E-state index in [0.717, 1.165) is 28.8 Å². The fourth-order valence-corrected chi connectivity index (χ4v) is 3.04. The number of hydrogen-bond donors (Lipinski definition) is 2. The lowest BCUT2D eigenvalue weighted by Crippen LogP contribution is -2.28. The molecule has 1 aromatic heterocycles. The van der Waals surface area contributed by atoms with Gasteiger partial charge in [-0.15, -0.1) is 0 Å². The summed E-state index contributed by atoms with van der Waals surface area (Å²) in [7, 11) is 0. The largest absolute Gasteiger partial charge is 0.417 e. The number of carbonyl (C=O) groups is 2. The molecule has 2 aromatic carbocycles. The smallest absolute Gasteiger partial charge is 0.334 e. The molecule has 160 valence electrons. The van der Waals surface area contributed by atoms with Crippen LogP contribution in [-0.2, 0) is 12.7 Å². The molecule has 0 unspecified atom stereocenters. The molecule has 2 N–H and O–H groups in total.